The van der Waals surface area contributed by atoms with E-state index in [0.717, 1.165) is 61.8 Å². The van der Waals surface area contributed by atoms with Crippen molar-refractivity contribution < 1.29 is 27.6 Å². The number of fused-ring (bicyclic) bond motifs is 2. The maximum atomic E-state index is 14.4. The number of likely N-dealkylation sites (tertiary alicyclic amines) is 1. The van der Waals surface area contributed by atoms with Gasteiger partial charge in [-0.05, 0) is 149 Å². The van der Waals surface area contributed by atoms with Gasteiger partial charge in [0.2, 0.25) is 5.88 Å². The number of rotatable bonds is 12. The van der Waals surface area contributed by atoms with Crippen molar-refractivity contribution in [1.29, 1.82) is 0 Å². The van der Waals surface area contributed by atoms with Crippen LogP contribution in [0.15, 0.2) is 83.9 Å². The summed E-state index contributed by atoms with van der Waals surface area (Å²) < 4.78 is 41.8. The van der Waals surface area contributed by atoms with Crippen molar-refractivity contribution in [2.75, 3.05) is 61.1 Å². The second kappa shape index (κ2) is 17.2. The molecule has 6 aliphatic rings. The van der Waals surface area contributed by atoms with Gasteiger partial charge in [0.15, 0.2) is 0 Å². The van der Waals surface area contributed by atoms with E-state index in [1.54, 1.807) is 17.2 Å². The molecule has 0 radical (unpaired) electrons. The predicted octanol–water partition coefficient (Wildman–Crippen LogP) is 8.81. The average molecular weight is 915 g/mol. The lowest BCUT2D eigenvalue weighted by Gasteiger charge is -2.56. The van der Waals surface area contributed by atoms with E-state index in [4.69, 9.17) is 14.5 Å². The first kappa shape index (κ1) is 42.9. The van der Waals surface area contributed by atoms with Crippen LogP contribution in [0.4, 0.5) is 28.4 Å². The van der Waals surface area contributed by atoms with E-state index >= 15 is 0 Å². The molecule has 16 heteroatoms. The van der Waals surface area contributed by atoms with Crippen LogP contribution in [-0.2, 0) is 14.8 Å². The molecule has 6 heterocycles. The smallest absolute Gasteiger partial charge is 0.293 e. The lowest BCUT2D eigenvalue weighted by Crippen LogP contribution is -2.55. The Kier molecular flexibility index (Phi) is 11.2. The van der Waals surface area contributed by atoms with E-state index in [1.165, 1.54) is 57.2 Å². The van der Waals surface area contributed by atoms with Gasteiger partial charge in [-0.25, -0.2) is 13.1 Å². The Balaban J connectivity index is 0.839. The predicted molar refractivity (Wildman–Crippen MR) is 253 cm³/mol. The lowest BCUT2D eigenvalue weighted by molar-refractivity contribution is -0.384. The highest BCUT2D eigenvalue weighted by Crippen LogP contribution is 2.55. The summed E-state index contributed by atoms with van der Waals surface area (Å²) in [6.07, 6.45) is 12.9. The van der Waals surface area contributed by atoms with Crippen LogP contribution in [0.3, 0.4) is 0 Å². The number of piperidine rings is 1. The maximum Gasteiger partial charge on any atom is 0.293 e. The number of amides is 1. The van der Waals surface area contributed by atoms with Gasteiger partial charge in [-0.1, -0.05) is 24.3 Å². The summed E-state index contributed by atoms with van der Waals surface area (Å²) in [5, 5.41) is 16.2. The fraction of sp³-hybridized carbons (Fsp3) is 0.480. The highest BCUT2D eigenvalue weighted by molar-refractivity contribution is 7.90. The minimum Gasteiger partial charge on any atom is -0.471 e. The first-order valence-corrected chi connectivity index (χ1v) is 25.3. The topological polar surface area (TPSA) is 175 Å². The van der Waals surface area contributed by atoms with Crippen LogP contribution in [0.5, 0.6) is 5.88 Å². The molecule has 5 aromatic rings. The summed E-state index contributed by atoms with van der Waals surface area (Å²) in [6.45, 7) is 7.01. The monoisotopic (exact) mass is 914 g/mol. The number of aromatic amines is 1. The third-order valence-electron chi connectivity index (χ3n) is 15.3. The summed E-state index contributed by atoms with van der Waals surface area (Å²) in [5.74, 6) is 0.580. The van der Waals surface area contributed by atoms with Gasteiger partial charge >= 0.3 is 0 Å². The van der Waals surface area contributed by atoms with Gasteiger partial charge < -0.3 is 29.6 Å². The molecule has 2 atom stereocenters. The molecule has 3 aromatic carbocycles. The highest BCUT2D eigenvalue weighted by atomic mass is 32.2. The van der Waals surface area contributed by atoms with Gasteiger partial charge in [0.05, 0.1) is 27.6 Å². The minimum atomic E-state index is -4.55. The van der Waals surface area contributed by atoms with Crippen molar-refractivity contribution in [2.45, 2.75) is 100 Å². The summed E-state index contributed by atoms with van der Waals surface area (Å²) >= 11 is 0. The van der Waals surface area contributed by atoms with Gasteiger partial charge in [-0.15, -0.1) is 0 Å². The van der Waals surface area contributed by atoms with Crippen LogP contribution in [0.1, 0.15) is 105 Å². The number of benzene rings is 3. The number of nitrogens with zero attached hydrogens (tertiary/aromatic N) is 5. The zero-order valence-corrected chi connectivity index (χ0v) is 38.2. The molecule has 5 fully saturated rings. The molecule has 3 saturated heterocycles. The molecule has 15 nitrogen and oxygen atoms in total. The number of aromatic nitrogens is 2. The fourth-order valence-electron chi connectivity index (χ4n) is 11.6. The van der Waals surface area contributed by atoms with Crippen LogP contribution < -0.4 is 24.6 Å². The fourth-order valence-corrected chi connectivity index (χ4v) is 12.5. The Labute approximate surface area is 385 Å². The lowest BCUT2D eigenvalue weighted by atomic mass is 9.59. The molecule has 1 amide bonds. The zero-order valence-electron chi connectivity index (χ0n) is 37.4. The second-order valence-electron chi connectivity index (χ2n) is 19.6. The molecule has 11 rings (SSSR count). The van der Waals surface area contributed by atoms with E-state index in [-0.39, 0.29) is 33.9 Å². The molecule has 0 unspecified atom stereocenters. The number of anilines is 4. The van der Waals surface area contributed by atoms with E-state index in [1.807, 2.05) is 42.3 Å². The first-order valence-electron chi connectivity index (χ1n) is 23.8. The molecular formula is C50H58N8O7S. The number of nitro groups is 1. The largest absolute Gasteiger partial charge is 0.471 e. The van der Waals surface area contributed by atoms with Crippen molar-refractivity contribution >= 4 is 55.4 Å². The summed E-state index contributed by atoms with van der Waals surface area (Å²) in [5.41, 5.74) is 6.22. The normalized spacial score (nSPS) is 22.5. The number of nitro benzene ring substituents is 1. The van der Waals surface area contributed by atoms with Crippen molar-refractivity contribution in [3.63, 3.8) is 0 Å². The van der Waals surface area contributed by atoms with Crippen molar-refractivity contribution in [1.82, 2.24) is 19.6 Å². The Morgan fingerprint density at radius 2 is 1.73 bits per heavy atom. The molecule has 2 aromatic heterocycles. The van der Waals surface area contributed by atoms with Crippen LogP contribution in [-0.4, -0.2) is 92.2 Å². The Bertz CT molecular complexity index is 2770. The minimum absolute atomic E-state index is 0.138. The SMILES string of the molecule is C[C@@H]1CN(c2cc(N3CCC4(CC3)CC(N3CCC[C@@H]3c3ccccc3C3CC3)C4)ccc2C(=O)NS(=O)(=O)c2ccc(NCC3CCOCC3)c([N+](=O)[O-])c2)c2cc3cc[nH]c3nc2O1. The molecule has 66 heavy (non-hydrogen) atoms. The Hall–Kier alpha value is -5.71. The van der Waals surface area contributed by atoms with Crippen molar-refractivity contribution in [3.05, 3.63) is 106 Å². The van der Waals surface area contributed by atoms with Crippen LogP contribution >= 0.6 is 0 Å². The number of ether oxygens (including phenoxy) is 2. The summed E-state index contributed by atoms with van der Waals surface area (Å²) in [7, 11) is -4.55. The highest BCUT2D eigenvalue weighted by Gasteiger charge is 2.50. The average Bonchev–Trinajstić information content (AvgIpc) is 3.87. The van der Waals surface area contributed by atoms with Crippen LogP contribution in [0.2, 0.25) is 0 Å². The molecule has 2 saturated carbocycles. The molecule has 4 aliphatic heterocycles. The molecule has 1 spiro atoms. The van der Waals surface area contributed by atoms with Gasteiger partial charge in [0, 0.05) is 68.3 Å². The summed E-state index contributed by atoms with van der Waals surface area (Å²) in [4.78, 5) is 40.8. The number of nitrogens with one attached hydrogen (secondary N) is 3. The standard InChI is InChI=1S/C50H58N8O7S/c1-32-31-57(46-25-35-14-19-51-47(35)53-49(46)65-32)44-26-36(55-21-17-50(18-22-55)28-37(29-50)56-20-4-7-43(56)40-6-3-2-5-39(40)34-8-9-34)10-12-41(44)48(59)54-66(62,63)38-11-13-42(45(27-38)58(60)61)52-30-33-15-23-64-24-16-33/h2-3,5-6,10-14,19,25-27,32-34,37,43,52H,4,7-9,15-18,20-24,28-31H2,1H3,(H,51,53)(H,54,59)/t32-,43-/m1/s1. The first-order chi connectivity index (χ1) is 32.0. The number of hydrogen-bond acceptors (Lipinski definition) is 12. The number of hydrogen-bond donors (Lipinski definition) is 3. The van der Waals surface area contributed by atoms with Gasteiger partial charge in [0.1, 0.15) is 23.1 Å². The molecule has 346 valence electrons. The van der Waals surface area contributed by atoms with Crippen molar-refractivity contribution in [2.24, 2.45) is 11.3 Å². The van der Waals surface area contributed by atoms with E-state index < -0.39 is 20.9 Å². The maximum absolute atomic E-state index is 14.4. The van der Waals surface area contributed by atoms with Gasteiger partial charge in [-0.2, -0.15) is 4.98 Å². The Morgan fingerprint density at radius 1 is 0.939 bits per heavy atom. The number of sulfonamides is 1. The van der Waals surface area contributed by atoms with Crippen LogP contribution in [0.25, 0.3) is 11.0 Å². The quantitative estimate of drug-likeness (QED) is 0.0803. The number of H-pyrrole nitrogens is 1. The number of carbonyl (C=O) groups excluding carboxylic acids is 1. The van der Waals surface area contributed by atoms with E-state index in [9.17, 15) is 23.3 Å². The zero-order chi connectivity index (χ0) is 45.2. The molecule has 2 aliphatic carbocycles. The molecule has 0 bridgehead atoms. The molecular weight excluding hydrogens is 857 g/mol. The number of carbonyl (C=O) groups is 1. The van der Waals surface area contributed by atoms with Crippen molar-refractivity contribution in [3.8, 4) is 5.88 Å². The third kappa shape index (κ3) is 8.25. The second-order valence-corrected chi connectivity index (χ2v) is 21.3. The van der Waals surface area contributed by atoms with E-state index in [2.05, 4.69) is 49.1 Å². The van der Waals surface area contributed by atoms with Gasteiger partial charge in [-0.3, -0.25) is 19.8 Å². The number of pyridine rings is 1. The van der Waals surface area contributed by atoms with E-state index in [0.29, 0.717) is 66.7 Å². The van der Waals surface area contributed by atoms with Crippen LogP contribution in [0, 0.1) is 21.4 Å². The Morgan fingerprint density at radius 3 is 2.50 bits per heavy atom. The van der Waals surface area contributed by atoms with Gasteiger partial charge in [0.25, 0.3) is 21.6 Å². The summed E-state index contributed by atoms with van der Waals surface area (Å²) in [6, 6.07) is 23.5. The molecule has 3 N–H and O–H groups in total. The third-order valence-corrected chi connectivity index (χ3v) is 16.7.